The molecular weight excluding hydrogens is 556 g/mol. The maximum absolute atomic E-state index is 2.59. The highest BCUT2D eigenvalue weighted by Crippen LogP contribution is 2.52. The molecule has 0 bridgehead atoms. The fourth-order valence-electron chi connectivity index (χ4n) is 7.85. The molecule has 9 rings (SSSR count). The summed E-state index contributed by atoms with van der Waals surface area (Å²) in [6.07, 6.45) is 18.0. The molecule has 4 aliphatic rings. The second kappa shape index (κ2) is 10.9. The molecule has 5 aromatic rings. The third kappa shape index (κ3) is 4.40. The van der Waals surface area contributed by atoms with Crippen molar-refractivity contribution in [1.29, 1.82) is 0 Å². The Balaban J connectivity index is 1.17. The van der Waals surface area contributed by atoms with E-state index in [1.807, 2.05) is 0 Å². The highest BCUT2D eigenvalue weighted by Gasteiger charge is 2.39. The van der Waals surface area contributed by atoms with Crippen LogP contribution in [-0.2, 0) is 12.8 Å². The van der Waals surface area contributed by atoms with Crippen LogP contribution in [0.1, 0.15) is 40.7 Å². The summed E-state index contributed by atoms with van der Waals surface area (Å²) in [6, 6.07) is 41.1. The van der Waals surface area contributed by atoms with E-state index < -0.39 is 0 Å². The SMILES string of the molecule is Cc1ccccc1-c1ccccc1Cc1ccc(N2C3=CC4=CC=CCC4N3c3ccccc3-c3cc4c(cc32)C=CCC4)cc1. The summed E-state index contributed by atoms with van der Waals surface area (Å²) in [5.41, 5.74) is 17.1. The third-order valence-corrected chi connectivity index (χ3v) is 10.1. The average molecular weight is 593 g/mol. The normalized spacial score (nSPS) is 17.3. The van der Waals surface area contributed by atoms with Gasteiger partial charge < -0.3 is 4.90 Å². The molecule has 0 spiro atoms. The van der Waals surface area contributed by atoms with Gasteiger partial charge in [-0.05, 0) is 114 Å². The summed E-state index contributed by atoms with van der Waals surface area (Å²) >= 11 is 0. The van der Waals surface area contributed by atoms with Gasteiger partial charge in [0.05, 0.1) is 17.4 Å². The second-order valence-electron chi connectivity index (χ2n) is 12.9. The van der Waals surface area contributed by atoms with Gasteiger partial charge in [0.15, 0.2) is 0 Å². The Morgan fingerprint density at radius 2 is 1.50 bits per heavy atom. The molecule has 222 valence electrons. The van der Waals surface area contributed by atoms with E-state index >= 15 is 0 Å². The van der Waals surface area contributed by atoms with E-state index in [1.165, 1.54) is 78.5 Å². The maximum atomic E-state index is 2.59. The molecule has 0 radical (unpaired) electrons. The Morgan fingerprint density at radius 3 is 2.37 bits per heavy atom. The number of anilines is 3. The topological polar surface area (TPSA) is 6.48 Å². The number of fused-ring (bicyclic) bond motifs is 8. The number of aryl methyl sites for hydroxylation is 2. The number of hydrogen-bond donors (Lipinski definition) is 0. The van der Waals surface area contributed by atoms with Crippen LogP contribution in [0, 0.1) is 6.92 Å². The van der Waals surface area contributed by atoms with Crippen molar-refractivity contribution < 1.29 is 0 Å². The van der Waals surface area contributed by atoms with Crippen LogP contribution in [0.15, 0.2) is 151 Å². The summed E-state index contributed by atoms with van der Waals surface area (Å²) in [6.45, 7) is 2.20. The summed E-state index contributed by atoms with van der Waals surface area (Å²) in [7, 11) is 0. The molecule has 2 aliphatic carbocycles. The lowest BCUT2D eigenvalue weighted by atomic mass is 9.90. The predicted octanol–water partition coefficient (Wildman–Crippen LogP) is 10.9. The largest absolute Gasteiger partial charge is 0.319 e. The summed E-state index contributed by atoms with van der Waals surface area (Å²) < 4.78 is 0. The maximum Gasteiger partial charge on any atom is 0.119 e. The molecule has 0 amide bonds. The molecule has 0 aromatic heterocycles. The van der Waals surface area contributed by atoms with Gasteiger partial charge in [0, 0.05) is 16.8 Å². The van der Waals surface area contributed by atoms with Gasteiger partial charge in [-0.3, -0.25) is 4.90 Å². The quantitative estimate of drug-likeness (QED) is 0.205. The van der Waals surface area contributed by atoms with Crippen molar-refractivity contribution in [2.24, 2.45) is 0 Å². The lowest BCUT2D eigenvalue weighted by molar-refractivity contribution is 0.755. The van der Waals surface area contributed by atoms with Crippen LogP contribution in [0.3, 0.4) is 0 Å². The molecule has 5 aromatic carbocycles. The number of rotatable bonds is 4. The molecule has 0 fully saturated rings. The van der Waals surface area contributed by atoms with Crippen molar-refractivity contribution in [3.63, 3.8) is 0 Å². The van der Waals surface area contributed by atoms with E-state index in [-0.39, 0.29) is 0 Å². The minimum absolute atomic E-state index is 0.296. The first-order valence-electron chi connectivity index (χ1n) is 16.6. The first kappa shape index (κ1) is 27.0. The number of hydrogen-bond acceptors (Lipinski definition) is 2. The first-order chi connectivity index (χ1) is 22.7. The van der Waals surface area contributed by atoms with Crippen LogP contribution < -0.4 is 9.80 Å². The summed E-state index contributed by atoms with van der Waals surface area (Å²) in [4.78, 5) is 5.11. The molecule has 2 aliphatic heterocycles. The van der Waals surface area contributed by atoms with E-state index in [1.54, 1.807) is 0 Å². The van der Waals surface area contributed by atoms with Crippen molar-refractivity contribution in [2.75, 3.05) is 9.80 Å². The molecule has 1 unspecified atom stereocenters. The number of allylic oxidation sites excluding steroid dienone is 3. The molecule has 0 saturated carbocycles. The third-order valence-electron chi connectivity index (χ3n) is 10.1. The standard InChI is InChI=1S/C44H36N2/c1-30-12-2-7-17-37(30)38-18-8-5-15-34(38)26-31-22-24-36(25-23-31)45-43-28-33-14-4-3-13-32(33)27-40(43)39-19-9-11-21-42(39)46-41-20-10-6-16-35(41)29-44(45)46/h2,4-12,14-19,21-25,27-29,41H,3,13,20,26H2,1H3. The molecule has 0 N–H and O–H groups in total. The van der Waals surface area contributed by atoms with E-state index in [0.29, 0.717) is 6.04 Å². The highest BCUT2D eigenvalue weighted by atomic mass is 15.4. The summed E-state index contributed by atoms with van der Waals surface area (Å²) in [5, 5.41) is 0. The van der Waals surface area contributed by atoms with Crippen LogP contribution in [0.5, 0.6) is 0 Å². The molecule has 2 nitrogen and oxygen atoms in total. The fraction of sp³-hybridized carbons (Fsp3) is 0.136. The monoisotopic (exact) mass is 592 g/mol. The minimum Gasteiger partial charge on any atom is -0.319 e. The predicted molar refractivity (Wildman–Crippen MR) is 193 cm³/mol. The van der Waals surface area contributed by atoms with Gasteiger partial charge in [-0.1, -0.05) is 109 Å². The molecule has 2 heteroatoms. The number of para-hydroxylation sites is 1. The zero-order valence-corrected chi connectivity index (χ0v) is 26.2. The highest BCUT2D eigenvalue weighted by molar-refractivity contribution is 5.97. The fourth-order valence-corrected chi connectivity index (χ4v) is 7.85. The van der Waals surface area contributed by atoms with Crippen molar-refractivity contribution in [3.8, 4) is 22.3 Å². The molecule has 46 heavy (non-hydrogen) atoms. The van der Waals surface area contributed by atoms with Crippen LogP contribution in [0.25, 0.3) is 28.3 Å². The average Bonchev–Trinajstić information content (AvgIpc) is 3.43. The van der Waals surface area contributed by atoms with Crippen LogP contribution in [0.4, 0.5) is 17.1 Å². The van der Waals surface area contributed by atoms with Gasteiger partial charge in [-0.2, -0.15) is 0 Å². The Kier molecular flexibility index (Phi) is 6.41. The second-order valence-corrected chi connectivity index (χ2v) is 12.9. The van der Waals surface area contributed by atoms with Crippen molar-refractivity contribution in [1.82, 2.24) is 0 Å². The Labute approximate surface area is 272 Å². The van der Waals surface area contributed by atoms with Crippen molar-refractivity contribution in [3.05, 3.63) is 179 Å². The van der Waals surface area contributed by atoms with Crippen LogP contribution in [-0.4, -0.2) is 6.04 Å². The Hall–Kier alpha value is -5.34. The number of benzene rings is 5. The molecule has 2 heterocycles. The lowest BCUT2D eigenvalue weighted by Gasteiger charge is -2.35. The first-order valence-corrected chi connectivity index (χ1v) is 16.6. The van der Waals surface area contributed by atoms with Gasteiger partial charge in [-0.25, -0.2) is 0 Å². The molecule has 0 saturated heterocycles. The van der Waals surface area contributed by atoms with Crippen LogP contribution >= 0.6 is 0 Å². The van der Waals surface area contributed by atoms with E-state index in [4.69, 9.17) is 0 Å². The van der Waals surface area contributed by atoms with Gasteiger partial charge in [0.25, 0.3) is 0 Å². The Bertz CT molecular complexity index is 2120. The van der Waals surface area contributed by atoms with E-state index in [0.717, 1.165) is 25.7 Å². The van der Waals surface area contributed by atoms with Gasteiger partial charge >= 0.3 is 0 Å². The van der Waals surface area contributed by atoms with E-state index in [2.05, 4.69) is 162 Å². The van der Waals surface area contributed by atoms with Gasteiger partial charge in [0.1, 0.15) is 5.82 Å². The Morgan fingerprint density at radius 1 is 0.717 bits per heavy atom. The van der Waals surface area contributed by atoms with Crippen LogP contribution in [0.2, 0.25) is 0 Å². The number of nitrogens with zero attached hydrogens (tertiary/aromatic N) is 2. The van der Waals surface area contributed by atoms with Crippen molar-refractivity contribution >= 4 is 23.1 Å². The zero-order valence-electron chi connectivity index (χ0n) is 26.2. The van der Waals surface area contributed by atoms with Gasteiger partial charge in [-0.15, -0.1) is 0 Å². The molecular formula is C44H36N2. The minimum atomic E-state index is 0.296. The smallest absolute Gasteiger partial charge is 0.119 e. The summed E-state index contributed by atoms with van der Waals surface area (Å²) in [5.74, 6) is 1.23. The van der Waals surface area contributed by atoms with E-state index in [9.17, 15) is 0 Å². The van der Waals surface area contributed by atoms with Gasteiger partial charge in [0.2, 0.25) is 0 Å². The lowest BCUT2D eigenvalue weighted by Crippen LogP contribution is -2.36. The van der Waals surface area contributed by atoms with Crippen molar-refractivity contribution in [2.45, 2.75) is 38.6 Å². The zero-order chi connectivity index (χ0) is 30.6. The molecule has 1 atom stereocenters.